The van der Waals surface area contributed by atoms with Crippen molar-refractivity contribution in [2.24, 2.45) is 0 Å². The molecule has 5 heteroatoms. The predicted octanol–water partition coefficient (Wildman–Crippen LogP) is 1.09. The molecule has 1 N–H and O–H groups in total. The first-order chi connectivity index (χ1) is 8.22. The number of aliphatic hydroxyl groups excluding tert-OH is 1. The van der Waals surface area contributed by atoms with Crippen LogP contribution in [0.2, 0.25) is 0 Å². The van der Waals surface area contributed by atoms with Crippen LogP contribution >= 0.6 is 0 Å². The maximum absolute atomic E-state index is 11.6. The third-order valence-corrected chi connectivity index (χ3v) is 2.26. The highest BCUT2D eigenvalue weighted by Gasteiger charge is 2.14. The molecule has 0 bridgehead atoms. The lowest BCUT2D eigenvalue weighted by atomic mass is 10.2. The summed E-state index contributed by atoms with van der Waals surface area (Å²) in [5.74, 6) is -0.560. The highest BCUT2D eigenvalue weighted by Crippen LogP contribution is 2.12. The lowest BCUT2D eigenvalue weighted by Crippen LogP contribution is -2.13. The summed E-state index contributed by atoms with van der Waals surface area (Å²) in [5.41, 5.74) is 2.10. The minimum absolute atomic E-state index is 0.0349. The number of fused-ring (bicyclic) bond motifs is 1. The summed E-state index contributed by atoms with van der Waals surface area (Å²) in [6.45, 7) is 1.47. The number of aryl methyl sites for hydroxylation is 1. The van der Waals surface area contributed by atoms with Gasteiger partial charge in [-0.1, -0.05) is 12.1 Å². The molecule has 0 aliphatic carbocycles. The van der Waals surface area contributed by atoms with Crippen LogP contribution in [0.4, 0.5) is 0 Å². The highest BCUT2D eigenvalue weighted by molar-refractivity contribution is 5.90. The van der Waals surface area contributed by atoms with Gasteiger partial charge in [0.2, 0.25) is 0 Å². The molecule has 2 rings (SSSR count). The number of esters is 1. The summed E-state index contributed by atoms with van der Waals surface area (Å²) in [6.07, 6.45) is 0. The fraction of sp³-hybridized carbons (Fsp3) is 0.250. The second kappa shape index (κ2) is 4.88. The van der Waals surface area contributed by atoms with Crippen LogP contribution in [0.5, 0.6) is 0 Å². The number of hydrogen-bond donors (Lipinski definition) is 1. The summed E-state index contributed by atoms with van der Waals surface area (Å²) >= 11 is 0. The first-order valence-corrected chi connectivity index (χ1v) is 5.23. The van der Waals surface area contributed by atoms with E-state index in [1.165, 1.54) is 0 Å². The molecule has 2 aromatic rings. The Hall–Kier alpha value is -2.01. The fourth-order valence-electron chi connectivity index (χ4n) is 1.49. The van der Waals surface area contributed by atoms with E-state index in [0.29, 0.717) is 11.2 Å². The van der Waals surface area contributed by atoms with Gasteiger partial charge >= 0.3 is 5.97 Å². The zero-order chi connectivity index (χ0) is 12.3. The van der Waals surface area contributed by atoms with Gasteiger partial charge in [-0.05, 0) is 19.1 Å². The van der Waals surface area contributed by atoms with Crippen molar-refractivity contribution in [3.63, 3.8) is 0 Å². The van der Waals surface area contributed by atoms with Gasteiger partial charge in [0.25, 0.3) is 0 Å². The molecule has 0 spiro atoms. The first kappa shape index (κ1) is 11.5. The van der Waals surface area contributed by atoms with Crippen molar-refractivity contribution in [3.05, 3.63) is 35.7 Å². The van der Waals surface area contributed by atoms with Gasteiger partial charge in [0, 0.05) is 0 Å². The van der Waals surface area contributed by atoms with Gasteiger partial charge in [-0.25, -0.2) is 14.8 Å². The fourth-order valence-corrected chi connectivity index (χ4v) is 1.49. The molecule has 0 saturated carbocycles. The number of carbonyl (C=O) groups is 1. The summed E-state index contributed by atoms with van der Waals surface area (Å²) in [7, 11) is 0. The number of aliphatic hydroxyl groups is 1. The van der Waals surface area contributed by atoms with Crippen LogP contribution in [0.1, 0.15) is 16.2 Å². The Labute approximate surface area is 98.1 Å². The van der Waals surface area contributed by atoms with E-state index in [1.807, 2.05) is 18.2 Å². The number of hydrogen-bond acceptors (Lipinski definition) is 5. The van der Waals surface area contributed by atoms with E-state index in [-0.39, 0.29) is 18.9 Å². The minimum atomic E-state index is -0.560. The Kier molecular flexibility index (Phi) is 3.30. The summed E-state index contributed by atoms with van der Waals surface area (Å²) in [6, 6.07) is 7.30. The van der Waals surface area contributed by atoms with Gasteiger partial charge in [-0.2, -0.15) is 0 Å². The average molecular weight is 232 g/mol. The van der Waals surface area contributed by atoms with Crippen molar-refractivity contribution in [3.8, 4) is 0 Å². The van der Waals surface area contributed by atoms with E-state index in [2.05, 4.69) is 9.97 Å². The minimum Gasteiger partial charge on any atom is -0.458 e. The van der Waals surface area contributed by atoms with Gasteiger partial charge < -0.3 is 9.84 Å². The summed E-state index contributed by atoms with van der Waals surface area (Å²) in [5, 5.41) is 8.59. The molecular weight excluding hydrogens is 220 g/mol. The summed E-state index contributed by atoms with van der Waals surface area (Å²) in [4.78, 5) is 20.1. The number of ether oxygens (including phenoxy) is 1. The smallest absolute Gasteiger partial charge is 0.358 e. The molecule has 1 aromatic heterocycles. The number of rotatable bonds is 3. The van der Waals surface area contributed by atoms with E-state index in [9.17, 15) is 4.79 Å². The number of para-hydroxylation sites is 2. The van der Waals surface area contributed by atoms with Crippen LogP contribution in [-0.4, -0.2) is 34.3 Å². The second-order valence-corrected chi connectivity index (χ2v) is 3.51. The Morgan fingerprint density at radius 3 is 2.59 bits per heavy atom. The monoisotopic (exact) mass is 232 g/mol. The normalized spacial score (nSPS) is 10.5. The third-order valence-electron chi connectivity index (χ3n) is 2.26. The number of nitrogens with zero attached hydrogens (tertiary/aromatic N) is 2. The van der Waals surface area contributed by atoms with Crippen molar-refractivity contribution in [1.82, 2.24) is 9.97 Å². The molecule has 1 aromatic carbocycles. The molecule has 0 unspecified atom stereocenters. The van der Waals surface area contributed by atoms with Gasteiger partial charge in [-0.15, -0.1) is 0 Å². The lowest BCUT2D eigenvalue weighted by molar-refractivity contribution is 0.0426. The van der Waals surface area contributed by atoms with Crippen LogP contribution in [-0.2, 0) is 4.74 Å². The van der Waals surface area contributed by atoms with Gasteiger partial charge in [0.05, 0.1) is 23.3 Å². The quantitative estimate of drug-likeness (QED) is 0.802. The largest absolute Gasteiger partial charge is 0.458 e. The van der Waals surface area contributed by atoms with E-state index >= 15 is 0 Å². The molecule has 0 aliphatic heterocycles. The van der Waals surface area contributed by atoms with Crippen molar-refractivity contribution in [1.29, 1.82) is 0 Å². The SMILES string of the molecule is Cc1nc2ccccc2nc1C(=O)OCCO. The van der Waals surface area contributed by atoms with Gasteiger partial charge in [-0.3, -0.25) is 0 Å². The van der Waals surface area contributed by atoms with Crippen LogP contribution in [0.25, 0.3) is 11.0 Å². The van der Waals surface area contributed by atoms with Crippen LogP contribution in [0, 0.1) is 6.92 Å². The Bertz CT molecular complexity index is 554. The van der Waals surface area contributed by atoms with E-state index in [1.54, 1.807) is 13.0 Å². The standard InChI is InChI=1S/C12H12N2O3/c1-8-11(12(16)17-7-6-15)14-10-5-3-2-4-9(10)13-8/h2-5,15H,6-7H2,1H3. The van der Waals surface area contributed by atoms with Gasteiger partial charge in [0.15, 0.2) is 5.69 Å². The predicted molar refractivity (Wildman–Crippen MR) is 61.6 cm³/mol. The molecule has 0 amide bonds. The summed E-state index contributed by atoms with van der Waals surface area (Å²) < 4.78 is 4.82. The molecule has 88 valence electrons. The molecule has 5 nitrogen and oxygen atoms in total. The molecule has 0 radical (unpaired) electrons. The third kappa shape index (κ3) is 2.39. The van der Waals surface area contributed by atoms with E-state index < -0.39 is 5.97 Å². The molecule has 0 atom stereocenters. The lowest BCUT2D eigenvalue weighted by Gasteiger charge is -2.06. The maximum Gasteiger partial charge on any atom is 0.358 e. The van der Waals surface area contributed by atoms with Crippen LogP contribution in [0.15, 0.2) is 24.3 Å². The average Bonchev–Trinajstić information content (AvgIpc) is 2.35. The molecule has 0 saturated heterocycles. The van der Waals surface area contributed by atoms with Crippen molar-refractivity contribution < 1.29 is 14.6 Å². The van der Waals surface area contributed by atoms with Crippen molar-refractivity contribution >= 4 is 17.0 Å². The van der Waals surface area contributed by atoms with Crippen LogP contribution in [0.3, 0.4) is 0 Å². The highest BCUT2D eigenvalue weighted by atomic mass is 16.5. The Morgan fingerprint density at radius 2 is 1.94 bits per heavy atom. The number of aromatic nitrogens is 2. The van der Waals surface area contributed by atoms with Crippen LogP contribution < -0.4 is 0 Å². The van der Waals surface area contributed by atoms with Crippen molar-refractivity contribution in [2.75, 3.05) is 13.2 Å². The topological polar surface area (TPSA) is 72.3 Å². The van der Waals surface area contributed by atoms with Crippen molar-refractivity contribution in [2.45, 2.75) is 6.92 Å². The maximum atomic E-state index is 11.6. The number of benzene rings is 1. The zero-order valence-corrected chi connectivity index (χ0v) is 9.38. The molecular formula is C12H12N2O3. The first-order valence-electron chi connectivity index (χ1n) is 5.23. The zero-order valence-electron chi connectivity index (χ0n) is 9.38. The second-order valence-electron chi connectivity index (χ2n) is 3.51. The van der Waals surface area contributed by atoms with E-state index in [0.717, 1.165) is 5.52 Å². The Balaban J connectivity index is 2.40. The molecule has 1 heterocycles. The Morgan fingerprint density at radius 1 is 1.29 bits per heavy atom. The van der Waals surface area contributed by atoms with E-state index in [4.69, 9.17) is 9.84 Å². The molecule has 17 heavy (non-hydrogen) atoms. The van der Waals surface area contributed by atoms with Gasteiger partial charge in [0.1, 0.15) is 6.61 Å². The number of carbonyl (C=O) groups excluding carboxylic acids is 1. The molecule has 0 fully saturated rings. The molecule has 0 aliphatic rings.